The number of aliphatic carboxylic acids is 1. The molecule has 2 fully saturated rings. The number of fused-ring (bicyclic) bond motifs is 2. The van der Waals surface area contributed by atoms with Crippen molar-refractivity contribution in [3.8, 4) is 28.3 Å². The second kappa shape index (κ2) is 18.0. The van der Waals surface area contributed by atoms with E-state index in [0.717, 1.165) is 57.2 Å². The number of anilines is 2. The van der Waals surface area contributed by atoms with E-state index in [1.807, 2.05) is 73.4 Å². The van der Waals surface area contributed by atoms with E-state index in [-0.39, 0.29) is 23.8 Å². The molecule has 16 heteroatoms. The van der Waals surface area contributed by atoms with Crippen LogP contribution in [-0.4, -0.2) is 98.5 Å². The van der Waals surface area contributed by atoms with Crippen molar-refractivity contribution in [2.24, 2.45) is 5.92 Å². The topological polar surface area (TPSA) is 169 Å². The molecule has 14 nitrogen and oxygen atoms in total. The summed E-state index contributed by atoms with van der Waals surface area (Å²) in [5.74, 6) is -0.261. The number of aliphatic hydroxyl groups is 1. The quantitative estimate of drug-likeness (QED) is 0.0860. The number of halogens is 2. The van der Waals surface area contributed by atoms with Gasteiger partial charge in [0.15, 0.2) is 11.6 Å². The number of ether oxygens (including phenoxy) is 3. The molecule has 61 heavy (non-hydrogen) atoms. The van der Waals surface area contributed by atoms with Crippen LogP contribution in [0, 0.1) is 12.8 Å². The zero-order valence-electron chi connectivity index (χ0n) is 34.6. The summed E-state index contributed by atoms with van der Waals surface area (Å²) in [7, 11) is 5.21. The van der Waals surface area contributed by atoms with E-state index in [4.69, 9.17) is 19.3 Å². The van der Waals surface area contributed by atoms with E-state index in [9.17, 15) is 23.8 Å². The van der Waals surface area contributed by atoms with Gasteiger partial charge in [0, 0.05) is 61.2 Å². The average molecular weight is 837 g/mol. The third-order valence-corrected chi connectivity index (χ3v) is 12.1. The molecule has 320 valence electrons. The van der Waals surface area contributed by atoms with Gasteiger partial charge >= 0.3 is 5.97 Å². The fraction of sp³-hybridized carbons (Fsp3) is 0.400. The number of nitrogens with zero attached hydrogens (tertiary/aromatic N) is 6. The van der Waals surface area contributed by atoms with E-state index < -0.39 is 24.3 Å². The number of rotatable bonds is 14. The summed E-state index contributed by atoms with van der Waals surface area (Å²) in [6.07, 6.45) is 3.53. The number of aliphatic hydroxyl groups excluding tert-OH is 1. The van der Waals surface area contributed by atoms with Gasteiger partial charge in [0.1, 0.15) is 17.0 Å². The molecule has 2 atom stereocenters. The van der Waals surface area contributed by atoms with Crippen molar-refractivity contribution < 1.29 is 38.0 Å². The van der Waals surface area contributed by atoms with Gasteiger partial charge in [0.2, 0.25) is 0 Å². The van der Waals surface area contributed by atoms with Crippen LogP contribution in [0.4, 0.5) is 20.3 Å². The zero-order chi connectivity index (χ0) is 42.8. The van der Waals surface area contributed by atoms with Gasteiger partial charge in [-0.05, 0) is 86.5 Å². The Bertz CT molecular complexity index is 2520. The van der Waals surface area contributed by atoms with Crippen molar-refractivity contribution in [2.75, 3.05) is 39.8 Å². The highest BCUT2D eigenvalue weighted by Gasteiger charge is 2.29. The van der Waals surface area contributed by atoms with Gasteiger partial charge in [-0.1, -0.05) is 24.3 Å². The monoisotopic (exact) mass is 836 g/mol. The van der Waals surface area contributed by atoms with E-state index in [1.54, 1.807) is 26.5 Å². The van der Waals surface area contributed by atoms with E-state index in [1.165, 1.54) is 0 Å². The molecule has 8 rings (SSSR count). The lowest BCUT2D eigenvalue weighted by atomic mass is 9.85. The van der Waals surface area contributed by atoms with Crippen LogP contribution in [-0.2, 0) is 22.6 Å². The minimum atomic E-state index is -2.90. The maximum absolute atomic E-state index is 14.3. The molecule has 0 radical (unpaired) electrons. The number of hydrogen-bond donors (Lipinski definition) is 4. The largest absolute Gasteiger partial charge is 0.496 e. The van der Waals surface area contributed by atoms with Crippen LogP contribution in [0.2, 0.25) is 0 Å². The maximum atomic E-state index is 14.3. The number of aromatic nitrogens is 5. The molecule has 4 N–H and O–H groups in total. The van der Waals surface area contributed by atoms with Gasteiger partial charge in [-0.3, -0.25) is 14.7 Å². The number of carbonyl (C=O) groups is 1. The van der Waals surface area contributed by atoms with Crippen LogP contribution in [0.1, 0.15) is 61.0 Å². The second-order valence-electron chi connectivity index (χ2n) is 15.8. The standard InChI is InChI=1S/C45H50F2N8O6/c1-25-30(31-8-6-10-37-32(31)22-50-55(37)29-18-39(59-3)33(40(19-29)60-4)21-48-35-15-16-61-24-38(35)56)7-5-9-34(25)51-43-41-36(52-44(53-43)42(46)47)17-26(20-49-41)23-54(2)28-13-11-27(12-14-28)45(57)58/h5-10,17-20,22,27-28,35,38,42,48,56H,11-16,21,23-24H2,1-4H3,(H,57,58)(H,51,52,53)/t27?,28?,35-,38+/m1/s1. The van der Waals surface area contributed by atoms with Crippen LogP contribution in [0.5, 0.6) is 11.5 Å². The number of methoxy groups -OCH3 is 2. The van der Waals surface area contributed by atoms with Crippen molar-refractivity contribution in [3.05, 3.63) is 89.5 Å². The summed E-state index contributed by atoms with van der Waals surface area (Å²) in [5, 5.41) is 32.2. The molecule has 0 amide bonds. The first-order valence-electron chi connectivity index (χ1n) is 20.5. The third-order valence-electron chi connectivity index (χ3n) is 12.1. The van der Waals surface area contributed by atoms with E-state index in [2.05, 4.69) is 30.5 Å². The fourth-order valence-corrected chi connectivity index (χ4v) is 8.67. The SMILES string of the molecule is COc1cc(-n2ncc3c(-c4cccc(Nc5nc(C(F)F)nc6cc(CN(C)C7CCC(C(=O)O)CC7)cnc56)c4C)cccc32)cc(OC)c1CN[C@@H]1CCOC[C@@H]1O. The van der Waals surface area contributed by atoms with Crippen LogP contribution in [0.15, 0.2) is 67.0 Å². The van der Waals surface area contributed by atoms with Crippen LogP contribution in [0.3, 0.4) is 0 Å². The average Bonchev–Trinajstić information content (AvgIpc) is 3.71. The predicted molar refractivity (Wildman–Crippen MR) is 227 cm³/mol. The number of alkyl halides is 2. The summed E-state index contributed by atoms with van der Waals surface area (Å²) in [4.78, 5) is 26.7. The smallest absolute Gasteiger partial charge is 0.306 e. The minimum Gasteiger partial charge on any atom is -0.496 e. The molecule has 1 saturated carbocycles. The summed E-state index contributed by atoms with van der Waals surface area (Å²) in [6.45, 7) is 3.77. The third kappa shape index (κ3) is 8.71. The van der Waals surface area contributed by atoms with Gasteiger partial charge in [-0.25, -0.2) is 23.4 Å². The molecular formula is C45H50F2N8O6. The molecule has 3 aromatic carbocycles. The Hall–Kier alpha value is -5.81. The van der Waals surface area contributed by atoms with Gasteiger partial charge in [-0.2, -0.15) is 5.10 Å². The zero-order valence-corrected chi connectivity index (χ0v) is 34.6. The summed E-state index contributed by atoms with van der Waals surface area (Å²) < 4.78 is 47.4. The molecule has 1 aliphatic heterocycles. The predicted octanol–water partition coefficient (Wildman–Crippen LogP) is 7.35. The van der Waals surface area contributed by atoms with Crippen molar-refractivity contribution in [1.82, 2.24) is 34.9 Å². The number of hydrogen-bond acceptors (Lipinski definition) is 12. The highest BCUT2D eigenvalue weighted by atomic mass is 19.3. The molecular weight excluding hydrogens is 787 g/mol. The van der Waals surface area contributed by atoms with Crippen LogP contribution < -0.4 is 20.1 Å². The maximum Gasteiger partial charge on any atom is 0.306 e. The second-order valence-corrected chi connectivity index (χ2v) is 15.8. The first kappa shape index (κ1) is 41.9. The lowest BCUT2D eigenvalue weighted by Crippen LogP contribution is -2.46. The fourth-order valence-electron chi connectivity index (χ4n) is 8.67. The van der Waals surface area contributed by atoms with Gasteiger partial charge in [0.25, 0.3) is 6.43 Å². The number of benzene rings is 3. The molecule has 3 aromatic heterocycles. The van der Waals surface area contributed by atoms with E-state index >= 15 is 0 Å². The summed E-state index contributed by atoms with van der Waals surface area (Å²) >= 11 is 0. The Labute approximate surface area is 351 Å². The van der Waals surface area contributed by atoms with Crippen molar-refractivity contribution in [1.29, 1.82) is 0 Å². The highest BCUT2D eigenvalue weighted by Crippen LogP contribution is 2.38. The Kier molecular flexibility index (Phi) is 12.4. The molecule has 0 spiro atoms. The van der Waals surface area contributed by atoms with Gasteiger partial charge in [-0.15, -0.1) is 0 Å². The molecule has 0 unspecified atom stereocenters. The normalized spacial score (nSPS) is 19.5. The number of carboxylic acids is 1. The molecule has 0 bridgehead atoms. The lowest BCUT2D eigenvalue weighted by molar-refractivity contribution is -0.143. The molecule has 4 heterocycles. The Morgan fingerprint density at radius 2 is 1.74 bits per heavy atom. The number of nitrogens with one attached hydrogen (secondary N) is 2. The summed E-state index contributed by atoms with van der Waals surface area (Å²) in [6, 6.07) is 17.5. The van der Waals surface area contributed by atoms with Crippen molar-refractivity contribution in [3.63, 3.8) is 0 Å². The Balaban J connectivity index is 1.07. The first-order valence-corrected chi connectivity index (χ1v) is 20.5. The van der Waals surface area contributed by atoms with E-state index in [0.29, 0.717) is 73.8 Å². The molecule has 1 saturated heterocycles. The Morgan fingerprint density at radius 3 is 2.44 bits per heavy atom. The number of carboxylic acid groups (broad SMARTS) is 1. The van der Waals surface area contributed by atoms with Crippen molar-refractivity contribution >= 4 is 39.4 Å². The molecule has 1 aliphatic carbocycles. The molecule has 2 aliphatic rings. The molecule has 6 aromatic rings. The highest BCUT2D eigenvalue weighted by molar-refractivity contribution is 5.97. The first-order chi connectivity index (χ1) is 29.5. The van der Waals surface area contributed by atoms with Crippen LogP contribution in [0.25, 0.3) is 38.8 Å². The summed E-state index contributed by atoms with van der Waals surface area (Å²) in [5.41, 5.74) is 7.22. The minimum absolute atomic E-state index is 0.114. The Morgan fingerprint density at radius 1 is 1.00 bits per heavy atom. The van der Waals surface area contributed by atoms with Gasteiger partial charge in [0.05, 0.1) is 61.3 Å². The van der Waals surface area contributed by atoms with Gasteiger partial charge < -0.3 is 35.1 Å². The lowest BCUT2D eigenvalue weighted by Gasteiger charge is -2.33. The van der Waals surface area contributed by atoms with Crippen molar-refractivity contribution in [2.45, 2.75) is 76.7 Å². The van der Waals surface area contributed by atoms with Crippen LogP contribution >= 0.6 is 0 Å². The number of pyridine rings is 1.